The Hall–Kier alpha value is -2.43. The molecule has 0 radical (unpaired) electrons. The van der Waals surface area contributed by atoms with Gasteiger partial charge in [0, 0.05) is 5.56 Å². The molecule has 0 heterocycles. The standard InChI is InChI=1S/C16H14F2O3/c1-2-20-16-8-11(9-19)6-7-15(16)21-10-12-13(17)4-3-5-14(12)18/h3-9H,2,10H2,1H3. The molecule has 0 spiro atoms. The molecule has 0 aromatic heterocycles. The molecule has 0 aliphatic heterocycles. The highest BCUT2D eigenvalue weighted by molar-refractivity contribution is 5.76. The third kappa shape index (κ3) is 3.56. The Morgan fingerprint density at radius 3 is 2.38 bits per heavy atom. The fourth-order valence-electron chi connectivity index (χ4n) is 1.81. The zero-order chi connectivity index (χ0) is 15.2. The van der Waals surface area contributed by atoms with Crippen LogP contribution >= 0.6 is 0 Å². The number of rotatable bonds is 6. The van der Waals surface area contributed by atoms with E-state index in [0.29, 0.717) is 30.0 Å². The lowest BCUT2D eigenvalue weighted by Gasteiger charge is -2.13. The summed E-state index contributed by atoms with van der Waals surface area (Å²) >= 11 is 0. The molecule has 0 bridgehead atoms. The van der Waals surface area contributed by atoms with Gasteiger partial charge in [0.2, 0.25) is 0 Å². The van der Waals surface area contributed by atoms with Gasteiger partial charge in [0.15, 0.2) is 11.5 Å². The summed E-state index contributed by atoms with van der Waals surface area (Å²) in [5, 5.41) is 0. The number of ether oxygens (including phenoxy) is 2. The fourth-order valence-corrected chi connectivity index (χ4v) is 1.81. The summed E-state index contributed by atoms with van der Waals surface area (Å²) in [6.07, 6.45) is 0.683. The van der Waals surface area contributed by atoms with Crippen LogP contribution in [0.1, 0.15) is 22.8 Å². The van der Waals surface area contributed by atoms with Crippen LogP contribution < -0.4 is 9.47 Å². The first-order valence-electron chi connectivity index (χ1n) is 6.43. The molecule has 0 aliphatic carbocycles. The van der Waals surface area contributed by atoms with Gasteiger partial charge in [-0.3, -0.25) is 4.79 Å². The lowest BCUT2D eigenvalue weighted by Crippen LogP contribution is -2.04. The largest absolute Gasteiger partial charge is 0.490 e. The Labute approximate surface area is 121 Å². The molecular formula is C16H14F2O3. The molecule has 110 valence electrons. The molecule has 2 rings (SSSR count). The summed E-state index contributed by atoms with van der Waals surface area (Å²) in [6.45, 7) is 1.90. The summed E-state index contributed by atoms with van der Waals surface area (Å²) in [5.41, 5.74) is 0.280. The van der Waals surface area contributed by atoms with E-state index in [-0.39, 0.29) is 12.2 Å². The number of halogens is 2. The topological polar surface area (TPSA) is 35.5 Å². The van der Waals surface area contributed by atoms with Crippen molar-refractivity contribution in [3.8, 4) is 11.5 Å². The van der Waals surface area contributed by atoms with Crippen LogP contribution in [0.5, 0.6) is 11.5 Å². The van der Waals surface area contributed by atoms with Crippen LogP contribution in [0.2, 0.25) is 0 Å². The molecule has 0 saturated heterocycles. The predicted octanol–water partition coefficient (Wildman–Crippen LogP) is 3.76. The van der Waals surface area contributed by atoms with Crippen molar-refractivity contribution in [1.29, 1.82) is 0 Å². The average Bonchev–Trinajstić information content (AvgIpc) is 2.48. The maximum atomic E-state index is 13.5. The van der Waals surface area contributed by atoms with Gasteiger partial charge in [-0.25, -0.2) is 8.78 Å². The van der Waals surface area contributed by atoms with Crippen LogP contribution in [0.25, 0.3) is 0 Å². The van der Waals surface area contributed by atoms with E-state index in [1.165, 1.54) is 30.3 Å². The van der Waals surface area contributed by atoms with E-state index in [4.69, 9.17) is 9.47 Å². The lowest BCUT2D eigenvalue weighted by atomic mass is 10.2. The molecule has 0 saturated carbocycles. The molecule has 0 fully saturated rings. The molecule has 0 aliphatic rings. The molecule has 2 aromatic carbocycles. The number of hydrogen-bond donors (Lipinski definition) is 0. The normalized spacial score (nSPS) is 10.2. The van der Waals surface area contributed by atoms with Crippen LogP contribution in [0.3, 0.4) is 0 Å². The summed E-state index contributed by atoms with van der Waals surface area (Å²) in [7, 11) is 0. The zero-order valence-corrected chi connectivity index (χ0v) is 11.4. The zero-order valence-electron chi connectivity index (χ0n) is 11.4. The smallest absolute Gasteiger partial charge is 0.161 e. The van der Waals surface area contributed by atoms with Gasteiger partial charge in [0.25, 0.3) is 0 Å². The molecule has 0 atom stereocenters. The minimum absolute atomic E-state index is 0.153. The Kier molecular flexibility index (Phi) is 4.87. The van der Waals surface area contributed by atoms with Gasteiger partial charge in [0.1, 0.15) is 24.5 Å². The van der Waals surface area contributed by atoms with Gasteiger partial charge < -0.3 is 9.47 Å². The second kappa shape index (κ2) is 6.83. The van der Waals surface area contributed by atoms with Gasteiger partial charge in [-0.15, -0.1) is 0 Å². The van der Waals surface area contributed by atoms with Crippen LogP contribution in [0, 0.1) is 11.6 Å². The molecule has 2 aromatic rings. The maximum absolute atomic E-state index is 13.5. The van der Waals surface area contributed by atoms with E-state index >= 15 is 0 Å². The molecular weight excluding hydrogens is 278 g/mol. The van der Waals surface area contributed by atoms with Gasteiger partial charge in [-0.1, -0.05) is 6.07 Å². The molecule has 5 heteroatoms. The number of aldehydes is 1. The first-order valence-corrected chi connectivity index (χ1v) is 6.43. The summed E-state index contributed by atoms with van der Waals surface area (Å²) in [5.74, 6) is -0.654. The summed E-state index contributed by atoms with van der Waals surface area (Å²) in [4.78, 5) is 10.7. The van der Waals surface area contributed by atoms with E-state index < -0.39 is 11.6 Å². The van der Waals surface area contributed by atoms with Crippen molar-refractivity contribution in [1.82, 2.24) is 0 Å². The first kappa shape index (κ1) is 15.0. The van der Waals surface area contributed by atoms with Crippen molar-refractivity contribution in [3.63, 3.8) is 0 Å². The minimum atomic E-state index is -0.669. The SMILES string of the molecule is CCOc1cc(C=O)ccc1OCc1c(F)cccc1F. The number of carbonyl (C=O) groups is 1. The van der Waals surface area contributed by atoms with E-state index in [0.717, 1.165) is 0 Å². The molecule has 0 N–H and O–H groups in total. The Balaban J connectivity index is 2.21. The molecule has 3 nitrogen and oxygen atoms in total. The molecule has 0 unspecified atom stereocenters. The summed E-state index contributed by atoms with van der Waals surface area (Å²) in [6, 6.07) is 8.22. The Morgan fingerprint density at radius 2 is 1.76 bits per heavy atom. The van der Waals surface area contributed by atoms with Crippen molar-refractivity contribution >= 4 is 6.29 Å². The van der Waals surface area contributed by atoms with E-state index in [9.17, 15) is 13.6 Å². The minimum Gasteiger partial charge on any atom is -0.490 e. The van der Waals surface area contributed by atoms with Crippen molar-refractivity contribution in [2.24, 2.45) is 0 Å². The van der Waals surface area contributed by atoms with Crippen LogP contribution in [-0.4, -0.2) is 12.9 Å². The molecule has 21 heavy (non-hydrogen) atoms. The van der Waals surface area contributed by atoms with Gasteiger partial charge in [-0.05, 0) is 37.3 Å². The Morgan fingerprint density at radius 1 is 1.05 bits per heavy atom. The second-order valence-corrected chi connectivity index (χ2v) is 4.25. The highest BCUT2D eigenvalue weighted by Crippen LogP contribution is 2.29. The Bertz CT molecular complexity index is 621. The van der Waals surface area contributed by atoms with Crippen LogP contribution in [0.4, 0.5) is 8.78 Å². The van der Waals surface area contributed by atoms with Crippen molar-refractivity contribution in [2.75, 3.05) is 6.61 Å². The first-order chi connectivity index (χ1) is 10.2. The fraction of sp³-hybridized carbons (Fsp3) is 0.188. The third-order valence-electron chi connectivity index (χ3n) is 2.84. The van der Waals surface area contributed by atoms with Gasteiger partial charge in [-0.2, -0.15) is 0 Å². The van der Waals surface area contributed by atoms with E-state index in [1.54, 1.807) is 13.0 Å². The number of hydrogen-bond acceptors (Lipinski definition) is 3. The monoisotopic (exact) mass is 292 g/mol. The predicted molar refractivity (Wildman–Crippen MR) is 73.7 cm³/mol. The van der Waals surface area contributed by atoms with E-state index in [2.05, 4.69) is 0 Å². The number of carbonyl (C=O) groups excluding carboxylic acids is 1. The highest BCUT2D eigenvalue weighted by atomic mass is 19.1. The van der Waals surface area contributed by atoms with Gasteiger partial charge >= 0.3 is 0 Å². The van der Waals surface area contributed by atoms with Crippen molar-refractivity contribution in [2.45, 2.75) is 13.5 Å². The summed E-state index contributed by atoms with van der Waals surface area (Å²) < 4.78 is 37.8. The quantitative estimate of drug-likeness (QED) is 0.761. The van der Waals surface area contributed by atoms with Crippen LogP contribution in [0.15, 0.2) is 36.4 Å². The second-order valence-electron chi connectivity index (χ2n) is 4.25. The van der Waals surface area contributed by atoms with E-state index in [1.807, 2.05) is 0 Å². The molecule has 0 amide bonds. The lowest BCUT2D eigenvalue weighted by molar-refractivity contribution is 0.112. The van der Waals surface area contributed by atoms with Crippen molar-refractivity contribution < 1.29 is 23.0 Å². The highest BCUT2D eigenvalue weighted by Gasteiger charge is 2.11. The van der Waals surface area contributed by atoms with Crippen LogP contribution in [-0.2, 0) is 6.61 Å². The van der Waals surface area contributed by atoms with Crippen molar-refractivity contribution in [3.05, 3.63) is 59.2 Å². The average molecular weight is 292 g/mol. The third-order valence-corrected chi connectivity index (χ3v) is 2.84. The maximum Gasteiger partial charge on any atom is 0.161 e. The van der Waals surface area contributed by atoms with Gasteiger partial charge in [0.05, 0.1) is 12.2 Å². The number of benzene rings is 2.